The Bertz CT molecular complexity index is 842. The summed E-state index contributed by atoms with van der Waals surface area (Å²) in [5, 5.41) is 1.18. The fourth-order valence-electron chi connectivity index (χ4n) is 2.12. The molecule has 1 aromatic heterocycles. The number of rotatable bonds is 2. The maximum atomic E-state index is 12.4. The van der Waals surface area contributed by atoms with E-state index in [0.29, 0.717) is 28.2 Å². The van der Waals surface area contributed by atoms with Crippen LogP contribution in [-0.4, -0.2) is 9.55 Å². The number of benzene rings is 2. The number of hydrogen-bond acceptors (Lipinski definition) is 3. The smallest absolute Gasteiger partial charge is 0.261 e. The van der Waals surface area contributed by atoms with Crippen LogP contribution in [0, 0.1) is 0 Å². The van der Waals surface area contributed by atoms with E-state index in [1.165, 1.54) is 10.9 Å². The molecule has 2 aromatic carbocycles. The topological polar surface area (TPSA) is 60.9 Å². The molecule has 0 saturated carbocycles. The summed E-state index contributed by atoms with van der Waals surface area (Å²) in [5.74, 6) is 0. The molecule has 20 heavy (non-hydrogen) atoms. The van der Waals surface area contributed by atoms with Crippen molar-refractivity contribution in [1.82, 2.24) is 9.55 Å². The van der Waals surface area contributed by atoms with Crippen LogP contribution in [0.5, 0.6) is 0 Å². The average Bonchev–Trinajstić information content (AvgIpc) is 2.46. The second-order valence-electron chi connectivity index (χ2n) is 4.55. The Balaban J connectivity index is 2.09. The second kappa shape index (κ2) is 4.98. The van der Waals surface area contributed by atoms with E-state index in [1.807, 2.05) is 18.2 Å². The van der Waals surface area contributed by atoms with Gasteiger partial charge in [-0.25, -0.2) is 4.98 Å². The van der Waals surface area contributed by atoms with E-state index in [9.17, 15) is 4.79 Å². The van der Waals surface area contributed by atoms with Crippen molar-refractivity contribution in [1.29, 1.82) is 0 Å². The van der Waals surface area contributed by atoms with Gasteiger partial charge in [0.2, 0.25) is 0 Å². The minimum atomic E-state index is -0.0888. The van der Waals surface area contributed by atoms with Gasteiger partial charge >= 0.3 is 0 Å². The van der Waals surface area contributed by atoms with Crippen LogP contribution in [0.2, 0.25) is 5.02 Å². The first-order valence-electron chi connectivity index (χ1n) is 6.13. The number of nitrogens with zero attached hydrogens (tertiary/aromatic N) is 2. The van der Waals surface area contributed by atoms with Crippen LogP contribution in [0.4, 0.5) is 5.69 Å². The average molecular weight is 286 g/mol. The van der Waals surface area contributed by atoms with Crippen LogP contribution in [0.25, 0.3) is 10.9 Å². The predicted octanol–water partition coefficient (Wildman–Crippen LogP) is 2.68. The molecule has 0 unspecified atom stereocenters. The Morgan fingerprint density at radius 2 is 2.00 bits per heavy atom. The van der Waals surface area contributed by atoms with E-state index in [0.717, 1.165) is 5.56 Å². The first-order chi connectivity index (χ1) is 9.65. The van der Waals surface area contributed by atoms with Gasteiger partial charge in [-0.3, -0.25) is 9.36 Å². The Kier molecular flexibility index (Phi) is 3.16. The molecule has 0 fully saturated rings. The van der Waals surface area contributed by atoms with Gasteiger partial charge in [0.1, 0.15) is 0 Å². The molecule has 4 nitrogen and oxygen atoms in total. The number of aromatic nitrogens is 2. The van der Waals surface area contributed by atoms with Crippen molar-refractivity contribution in [2.24, 2.45) is 0 Å². The van der Waals surface area contributed by atoms with Crippen molar-refractivity contribution in [3.05, 3.63) is 69.7 Å². The van der Waals surface area contributed by atoms with Crippen LogP contribution in [-0.2, 0) is 6.54 Å². The SMILES string of the molecule is Nc1ccc(Cl)c(Cn2cnc3ccccc3c2=O)c1. The third-order valence-electron chi connectivity index (χ3n) is 3.14. The van der Waals surface area contributed by atoms with Gasteiger partial charge in [0, 0.05) is 10.7 Å². The molecule has 1 heterocycles. The lowest BCUT2D eigenvalue weighted by Crippen LogP contribution is -2.21. The van der Waals surface area contributed by atoms with E-state index in [2.05, 4.69) is 4.98 Å². The maximum Gasteiger partial charge on any atom is 0.261 e. The van der Waals surface area contributed by atoms with Gasteiger partial charge in [0.05, 0.1) is 23.8 Å². The van der Waals surface area contributed by atoms with Crippen LogP contribution in [0.1, 0.15) is 5.56 Å². The monoisotopic (exact) mass is 285 g/mol. The van der Waals surface area contributed by atoms with Crippen molar-refractivity contribution >= 4 is 28.2 Å². The Hall–Kier alpha value is -2.33. The highest BCUT2D eigenvalue weighted by atomic mass is 35.5. The molecule has 2 N–H and O–H groups in total. The Morgan fingerprint density at radius 3 is 2.85 bits per heavy atom. The third-order valence-corrected chi connectivity index (χ3v) is 3.51. The highest BCUT2D eigenvalue weighted by Crippen LogP contribution is 2.19. The molecule has 3 rings (SSSR count). The summed E-state index contributed by atoms with van der Waals surface area (Å²) in [7, 11) is 0. The zero-order valence-corrected chi connectivity index (χ0v) is 11.3. The molecule has 0 radical (unpaired) electrons. The van der Waals surface area contributed by atoms with Crippen LogP contribution in [0.3, 0.4) is 0 Å². The minimum absolute atomic E-state index is 0.0888. The molecule has 3 aromatic rings. The van der Waals surface area contributed by atoms with Crippen molar-refractivity contribution in [3.63, 3.8) is 0 Å². The van der Waals surface area contributed by atoms with E-state index < -0.39 is 0 Å². The van der Waals surface area contributed by atoms with Crippen LogP contribution in [0.15, 0.2) is 53.6 Å². The number of nitrogen functional groups attached to an aromatic ring is 1. The summed E-state index contributed by atoms with van der Waals surface area (Å²) in [6, 6.07) is 12.5. The molecule has 0 amide bonds. The molecule has 0 atom stereocenters. The number of hydrogen-bond donors (Lipinski definition) is 1. The van der Waals surface area contributed by atoms with Gasteiger partial charge in [-0.15, -0.1) is 0 Å². The van der Waals surface area contributed by atoms with E-state index in [1.54, 1.807) is 24.3 Å². The number of anilines is 1. The number of para-hydroxylation sites is 1. The Labute approximate surface area is 120 Å². The molecule has 0 aliphatic carbocycles. The van der Waals surface area contributed by atoms with Gasteiger partial charge in [0.15, 0.2) is 0 Å². The molecule has 5 heteroatoms. The highest BCUT2D eigenvalue weighted by Gasteiger charge is 2.06. The zero-order valence-electron chi connectivity index (χ0n) is 10.6. The predicted molar refractivity (Wildman–Crippen MR) is 81.0 cm³/mol. The van der Waals surface area contributed by atoms with Crippen LogP contribution < -0.4 is 11.3 Å². The van der Waals surface area contributed by atoms with Gasteiger partial charge < -0.3 is 5.73 Å². The van der Waals surface area contributed by atoms with E-state index in [-0.39, 0.29) is 5.56 Å². The number of nitrogens with two attached hydrogens (primary N) is 1. The number of fused-ring (bicyclic) bond motifs is 1. The van der Waals surface area contributed by atoms with E-state index >= 15 is 0 Å². The zero-order chi connectivity index (χ0) is 14.1. The summed E-state index contributed by atoms with van der Waals surface area (Å²) in [5.41, 5.74) is 7.76. The van der Waals surface area contributed by atoms with Crippen molar-refractivity contribution in [2.45, 2.75) is 6.54 Å². The fraction of sp³-hybridized carbons (Fsp3) is 0.0667. The molecule has 0 aliphatic heterocycles. The maximum absolute atomic E-state index is 12.4. The summed E-state index contributed by atoms with van der Waals surface area (Å²) in [6.45, 7) is 0.348. The van der Waals surface area contributed by atoms with E-state index in [4.69, 9.17) is 17.3 Å². The molecule has 0 aliphatic rings. The molecular weight excluding hydrogens is 274 g/mol. The van der Waals surface area contributed by atoms with Gasteiger partial charge in [0.25, 0.3) is 5.56 Å². The lowest BCUT2D eigenvalue weighted by Gasteiger charge is -2.09. The lowest BCUT2D eigenvalue weighted by atomic mass is 10.2. The minimum Gasteiger partial charge on any atom is -0.399 e. The standard InChI is InChI=1S/C15H12ClN3O/c16-13-6-5-11(17)7-10(13)8-19-9-18-14-4-2-1-3-12(14)15(19)20/h1-7,9H,8,17H2. The van der Waals surface area contributed by atoms with Crippen molar-refractivity contribution in [3.8, 4) is 0 Å². The molecule has 0 bridgehead atoms. The normalized spacial score (nSPS) is 10.8. The first-order valence-corrected chi connectivity index (χ1v) is 6.51. The van der Waals surface area contributed by atoms with Gasteiger partial charge in [-0.2, -0.15) is 0 Å². The summed E-state index contributed by atoms with van der Waals surface area (Å²) < 4.78 is 1.53. The second-order valence-corrected chi connectivity index (χ2v) is 4.95. The fourth-order valence-corrected chi connectivity index (χ4v) is 2.30. The molecule has 0 saturated heterocycles. The largest absolute Gasteiger partial charge is 0.399 e. The highest BCUT2D eigenvalue weighted by molar-refractivity contribution is 6.31. The van der Waals surface area contributed by atoms with Gasteiger partial charge in [-0.1, -0.05) is 23.7 Å². The van der Waals surface area contributed by atoms with Crippen molar-refractivity contribution in [2.75, 3.05) is 5.73 Å². The quantitative estimate of drug-likeness (QED) is 0.737. The van der Waals surface area contributed by atoms with Gasteiger partial charge in [-0.05, 0) is 35.9 Å². The summed E-state index contributed by atoms with van der Waals surface area (Å²) >= 11 is 6.13. The number of halogens is 1. The first kappa shape index (κ1) is 12.7. The molecular formula is C15H12ClN3O. The summed E-state index contributed by atoms with van der Waals surface area (Å²) in [4.78, 5) is 16.7. The van der Waals surface area contributed by atoms with Crippen LogP contribution >= 0.6 is 11.6 Å². The summed E-state index contributed by atoms with van der Waals surface area (Å²) in [6.07, 6.45) is 1.53. The van der Waals surface area contributed by atoms with Crippen molar-refractivity contribution < 1.29 is 0 Å². The lowest BCUT2D eigenvalue weighted by molar-refractivity contribution is 0.749. The Morgan fingerprint density at radius 1 is 1.20 bits per heavy atom. The molecule has 0 spiro atoms. The third kappa shape index (κ3) is 2.26. The molecule has 100 valence electrons.